The Morgan fingerprint density at radius 2 is 1.95 bits per heavy atom. The number of carbonyl (C=O) groups excluding carboxylic acids is 1. The van der Waals surface area contributed by atoms with E-state index in [2.05, 4.69) is 0 Å². The lowest BCUT2D eigenvalue weighted by atomic mass is 10.0. The number of carboxylic acids is 1. The molecule has 0 unspecified atom stereocenters. The van der Waals surface area contributed by atoms with Crippen molar-refractivity contribution >= 4 is 23.5 Å². The molecule has 19 heavy (non-hydrogen) atoms. The van der Waals surface area contributed by atoms with E-state index in [1.54, 1.807) is 24.3 Å². The highest BCUT2D eigenvalue weighted by Gasteiger charge is 2.31. The maximum atomic E-state index is 12.2. The summed E-state index contributed by atoms with van der Waals surface area (Å²) in [6.45, 7) is 0.531. The fraction of sp³-hybridized carbons (Fsp3) is 0.429. The van der Waals surface area contributed by atoms with Gasteiger partial charge in [-0.25, -0.2) is 4.79 Å². The van der Waals surface area contributed by atoms with Crippen LogP contribution in [0.15, 0.2) is 24.3 Å². The van der Waals surface area contributed by atoms with E-state index >= 15 is 0 Å². The Hall–Kier alpha value is -1.55. The maximum Gasteiger partial charge on any atom is 0.326 e. The van der Waals surface area contributed by atoms with Gasteiger partial charge in [-0.05, 0) is 37.0 Å². The highest BCUT2D eigenvalue weighted by atomic mass is 35.5. The Kier molecular flexibility index (Phi) is 4.43. The van der Waals surface area contributed by atoms with Crippen molar-refractivity contribution in [2.75, 3.05) is 6.54 Å². The summed E-state index contributed by atoms with van der Waals surface area (Å²) in [6, 6.07) is 6.37. The molecule has 1 aromatic carbocycles. The van der Waals surface area contributed by atoms with Gasteiger partial charge in [0.1, 0.15) is 6.04 Å². The van der Waals surface area contributed by atoms with Gasteiger partial charge in [0.25, 0.3) is 0 Å². The molecule has 1 aromatic rings. The molecule has 4 nitrogen and oxygen atoms in total. The minimum Gasteiger partial charge on any atom is -0.480 e. The van der Waals surface area contributed by atoms with Crippen LogP contribution in [0.4, 0.5) is 0 Å². The zero-order valence-corrected chi connectivity index (χ0v) is 11.3. The predicted molar refractivity (Wildman–Crippen MR) is 72.1 cm³/mol. The Bertz CT molecular complexity index is 472. The van der Waals surface area contributed by atoms with Crippen LogP contribution < -0.4 is 0 Å². The lowest BCUT2D eigenvalue weighted by Crippen LogP contribution is -2.48. The first-order valence-corrected chi connectivity index (χ1v) is 6.72. The van der Waals surface area contributed by atoms with Gasteiger partial charge in [-0.2, -0.15) is 0 Å². The van der Waals surface area contributed by atoms with Gasteiger partial charge >= 0.3 is 5.97 Å². The quantitative estimate of drug-likeness (QED) is 0.925. The Morgan fingerprint density at radius 1 is 1.26 bits per heavy atom. The van der Waals surface area contributed by atoms with Crippen LogP contribution in [0.25, 0.3) is 0 Å². The van der Waals surface area contributed by atoms with Crippen molar-refractivity contribution in [3.05, 3.63) is 34.9 Å². The smallest absolute Gasteiger partial charge is 0.326 e. The average Bonchev–Trinajstić information content (AvgIpc) is 2.41. The molecule has 1 fully saturated rings. The van der Waals surface area contributed by atoms with Crippen LogP contribution in [-0.2, 0) is 16.0 Å². The Morgan fingerprint density at radius 3 is 2.58 bits per heavy atom. The monoisotopic (exact) mass is 281 g/mol. The first-order valence-electron chi connectivity index (χ1n) is 6.34. The van der Waals surface area contributed by atoms with Crippen molar-refractivity contribution in [2.45, 2.75) is 31.7 Å². The third-order valence-corrected chi connectivity index (χ3v) is 3.63. The third-order valence-electron chi connectivity index (χ3n) is 3.38. The molecule has 0 aromatic heterocycles. The molecule has 0 radical (unpaired) electrons. The summed E-state index contributed by atoms with van der Waals surface area (Å²) in [4.78, 5) is 24.8. The second-order valence-electron chi connectivity index (χ2n) is 4.74. The van der Waals surface area contributed by atoms with E-state index in [1.165, 1.54) is 4.90 Å². The molecular weight excluding hydrogens is 266 g/mol. The van der Waals surface area contributed by atoms with Crippen LogP contribution in [-0.4, -0.2) is 34.5 Å². The standard InChI is InChI=1S/C14H16ClNO3/c15-11-6-4-10(5-7-11)9-13(17)16-8-2-1-3-12(16)14(18)19/h4-7,12H,1-3,8-9H2,(H,18,19)/t12-/m1/s1. The molecule has 5 heteroatoms. The van der Waals surface area contributed by atoms with Gasteiger partial charge < -0.3 is 10.0 Å². The van der Waals surface area contributed by atoms with E-state index in [0.717, 1.165) is 18.4 Å². The second-order valence-corrected chi connectivity index (χ2v) is 5.18. The summed E-state index contributed by atoms with van der Waals surface area (Å²) in [6.07, 6.45) is 2.50. The molecule has 1 heterocycles. The lowest BCUT2D eigenvalue weighted by molar-refractivity contribution is -0.151. The van der Waals surface area contributed by atoms with Crippen LogP contribution in [0.3, 0.4) is 0 Å². The summed E-state index contributed by atoms with van der Waals surface area (Å²) < 4.78 is 0. The van der Waals surface area contributed by atoms with Crippen molar-refractivity contribution < 1.29 is 14.7 Å². The fourth-order valence-electron chi connectivity index (χ4n) is 2.37. The highest BCUT2D eigenvalue weighted by molar-refractivity contribution is 6.30. The molecule has 0 spiro atoms. The molecule has 1 aliphatic rings. The van der Waals surface area contributed by atoms with Gasteiger partial charge in [0.2, 0.25) is 5.91 Å². The van der Waals surface area contributed by atoms with Crippen molar-refractivity contribution in [2.24, 2.45) is 0 Å². The minimum absolute atomic E-state index is 0.130. The van der Waals surface area contributed by atoms with E-state index in [4.69, 9.17) is 16.7 Å². The largest absolute Gasteiger partial charge is 0.480 e. The van der Waals surface area contributed by atoms with E-state index in [0.29, 0.717) is 18.0 Å². The van der Waals surface area contributed by atoms with E-state index in [9.17, 15) is 9.59 Å². The zero-order chi connectivity index (χ0) is 13.8. The number of nitrogens with zero attached hydrogens (tertiary/aromatic N) is 1. The molecule has 102 valence electrons. The first kappa shape index (κ1) is 13.9. The second kappa shape index (κ2) is 6.06. The van der Waals surface area contributed by atoms with Crippen LogP contribution in [0.2, 0.25) is 5.02 Å². The fourth-order valence-corrected chi connectivity index (χ4v) is 2.49. The summed E-state index contributed by atoms with van der Waals surface area (Å²) >= 11 is 5.79. The number of carboxylic acid groups (broad SMARTS) is 1. The topological polar surface area (TPSA) is 57.6 Å². The predicted octanol–water partition coefficient (Wildman–Crippen LogP) is 2.35. The van der Waals surface area contributed by atoms with Crippen molar-refractivity contribution in [3.63, 3.8) is 0 Å². The number of aliphatic carboxylic acids is 1. The molecule has 1 amide bonds. The number of benzene rings is 1. The zero-order valence-electron chi connectivity index (χ0n) is 10.5. The molecule has 0 aliphatic carbocycles. The van der Waals surface area contributed by atoms with E-state index in [1.807, 2.05) is 0 Å². The van der Waals surface area contributed by atoms with Crippen LogP contribution in [0.1, 0.15) is 24.8 Å². The van der Waals surface area contributed by atoms with Crippen LogP contribution >= 0.6 is 11.6 Å². The van der Waals surface area contributed by atoms with Crippen LogP contribution in [0, 0.1) is 0 Å². The third kappa shape index (κ3) is 3.47. The van der Waals surface area contributed by atoms with Gasteiger partial charge in [0, 0.05) is 11.6 Å². The van der Waals surface area contributed by atoms with Gasteiger partial charge in [-0.3, -0.25) is 4.79 Å². The van der Waals surface area contributed by atoms with Crippen molar-refractivity contribution in [1.82, 2.24) is 4.90 Å². The minimum atomic E-state index is -0.913. The average molecular weight is 282 g/mol. The number of piperidine rings is 1. The summed E-state index contributed by atoms with van der Waals surface area (Å²) in [5.74, 6) is -1.04. The molecule has 0 bridgehead atoms. The number of rotatable bonds is 3. The van der Waals surface area contributed by atoms with Crippen molar-refractivity contribution in [1.29, 1.82) is 0 Å². The number of hydrogen-bond donors (Lipinski definition) is 1. The Balaban J connectivity index is 2.05. The van der Waals surface area contributed by atoms with E-state index < -0.39 is 12.0 Å². The molecule has 2 rings (SSSR count). The number of hydrogen-bond acceptors (Lipinski definition) is 2. The lowest BCUT2D eigenvalue weighted by Gasteiger charge is -2.33. The number of amides is 1. The molecule has 1 N–H and O–H groups in total. The van der Waals surface area contributed by atoms with Crippen LogP contribution in [0.5, 0.6) is 0 Å². The highest BCUT2D eigenvalue weighted by Crippen LogP contribution is 2.19. The number of likely N-dealkylation sites (tertiary alicyclic amines) is 1. The summed E-state index contributed by atoms with van der Waals surface area (Å²) in [5, 5.41) is 9.77. The normalized spacial score (nSPS) is 19.2. The SMILES string of the molecule is O=C(O)[C@H]1CCCCN1C(=O)Cc1ccc(Cl)cc1. The summed E-state index contributed by atoms with van der Waals surface area (Å²) in [7, 11) is 0. The van der Waals surface area contributed by atoms with Gasteiger partial charge in [0.05, 0.1) is 6.42 Å². The van der Waals surface area contributed by atoms with E-state index in [-0.39, 0.29) is 12.3 Å². The molecule has 1 aliphatic heterocycles. The molecule has 0 saturated carbocycles. The first-order chi connectivity index (χ1) is 9.08. The molecular formula is C14H16ClNO3. The number of halogens is 1. The molecule has 1 atom stereocenters. The van der Waals surface area contributed by atoms with Gasteiger partial charge in [-0.15, -0.1) is 0 Å². The van der Waals surface area contributed by atoms with Gasteiger partial charge in [-0.1, -0.05) is 23.7 Å². The maximum absolute atomic E-state index is 12.2. The van der Waals surface area contributed by atoms with Crippen molar-refractivity contribution in [3.8, 4) is 0 Å². The molecule has 1 saturated heterocycles. The van der Waals surface area contributed by atoms with Gasteiger partial charge in [0.15, 0.2) is 0 Å². The summed E-state index contributed by atoms with van der Waals surface area (Å²) in [5.41, 5.74) is 0.851. The number of carbonyl (C=O) groups is 2. The Labute approximate surface area is 117 Å².